The highest BCUT2D eigenvalue weighted by atomic mass is 32.2. The van der Waals surface area contributed by atoms with Crippen LogP contribution in [0.2, 0.25) is 0 Å². The van der Waals surface area contributed by atoms with E-state index < -0.39 is 26.3 Å². The fraction of sp³-hybridized carbons (Fsp3) is 0.632. The summed E-state index contributed by atoms with van der Waals surface area (Å²) >= 11 is 0. The smallest absolute Gasteiger partial charge is 0.282 e. The summed E-state index contributed by atoms with van der Waals surface area (Å²) in [6.07, 6.45) is 2.87. The summed E-state index contributed by atoms with van der Waals surface area (Å²) in [4.78, 5) is 14.9. The molecule has 1 amide bonds. The van der Waals surface area contributed by atoms with Gasteiger partial charge in [-0.3, -0.25) is 4.79 Å². The maximum absolute atomic E-state index is 13.1. The lowest BCUT2D eigenvalue weighted by Gasteiger charge is -2.37. The van der Waals surface area contributed by atoms with Crippen LogP contribution in [0, 0.1) is 0 Å². The van der Waals surface area contributed by atoms with Crippen molar-refractivity contribution in [2.45, 2.75) is 36.6 Å². The fourth-order valence-corrected chi connectivity index (χ4v) is 7.78. The molecule has 4 rings (SSSR count). The molecular formula is C19H28N4O5S2. The van der Waals surface area contributed by atoms with Gasteiger partial charge in [0, 0.05) is 45.8 Å². The highest BCUT2D eigenvalue weighted by molar-refractivity contribution is 7.89. The van der Waals surface area contributed by atoms with Crippen LogP contribution in [0.1, 0.15) is 25.7 Å². The standard InChI is InChI=1S/C19H28N4O5S2/c24-19(18-9-6-12-23(18)29(25,26)17-7-2-1-3-8-17)20-13-15-22(16-14-20)30(27,28)21-10-4-5-11-21/h1-3,7-8,18H,4-6,9-16H2. The van der Waals surface area contributed by atoms with Gasteiger partial charge in [-0.25, -0.2) is 8.42 Å². The topological polar surface area (TPSA) is 98.3 Å². The van der Waals surface area contributed by atoms with Crippen molar-refractivity contribution in [3.63, 3.8) is 0 Å². The Morgan fingerprint density at radius 3 is 2.00 bits per heavy atom. The first kappa shape index (κ1) is 21.7. The Balaban J connectivity index is 1.42. The molecule has 166 valence electrons. The quantitative estimate of drug-likeness (QED) is 0.636. The minimum atomic E-state index is -3.74. The molecule has 9 nitrogen and oxygen atoms in total. The fourth-order valence-electron chi connectivity index (χ4n) is 4.43. The van der Waals surface area contributed by atoms with E-state index in [2.05, 4.69) is 0 Å². The predicted octanol–water partition coefficient (Wildman–Crippen LogP) is 0.325. The molecule has 0 aliphatic carbocycles. The van der Waals surface area contributed by atoms with E-state index in [0.717, 1.165) is 12.8 Å². The monoisotopic (exact) mass is 456 g/mol. The summed E-state index contributed by atoms with van der Waals surface area (Å²) in [5.41, 5.74) is 0. The molecule has 3 aliphatic heterocycles. The minimum Gasteiger partial charge on any atom is -0.339 e. The van der Waals surface area contributed by atoms with E-state index in [1.807, 2.05) is 0 Å². The normalized spacial score (nSPS) is 25.1. The average Bonchev–Trinajstić information content (AvgIpc) is 3.46. The molecule has 30 heavy (non-hydrogen) atoms. The number of hydrogen-bond acceptors (Lipinski definition) is 5. The molecule has 0 spiro atoms. The number of hydrogen-bond donors (Lipinski definition) is 0. The minimum absolute atomic E-state index is 0.186. The molecule has 0 saturated carbocycles. The van der Waals surface area contributed by atoms with E-state index in [4.69, 9.17) is 0 Å². The second kappa shape index (κ2) is 8.54. The van der Waals surface area contributed by atoms with Gasteiger partial charge in [-0.2, -0.15) is 21.3 Å². The Labute approximate surface area is 178 Å². The highest BCUT2D eigenvalue weighted by Crippen LogP contribution is 2.28. The number of amides is 1. The van der Waals surface area contributed by atoms with E-state index in [9.17, 15) is 21.6 Å². The van der Waals surface area contributed by atoms with Crippen LogP contribution >= 0.6 is 0 Å². The van der Waals surface area contributed by atoms with E-state index in [0.29, 0.717) is 32.5 Å². The Hall–Kier alpha value is -1.53. The van der Waals surface area contributed by atoms with Crippen LogP contribution in [0.4, 0.5) is 0 Å². The first-order valence-corrected chi connectivity index (χ1v) is 13.3. The van der Waals surface area contributed by atoms with Crippen molar-refractivity contribution in [2.24, 2.45) is 0 Å². The lowest BCUT2D eigenvalue weighted by atomic mass is 10.2. The third kappa shape index (κ3) is 4.01. The third-order valence-corrected chi connectivity index (χ3v) is 10.1. The second-order valence-corrected chi connectivity index (χ2v) is 11.7. The van der Waals surface area contributed by atoms with Crippen molar-refractivity contribution in [2.75, 3.05) is 45.8 Å². The summed E-state index contributed by atoms with van der Waals surface area (Å²) in [5.74, 6) is -0.231. The lowest BCUT2D eigenvalue weighted by Crippen LogP contribution is -2.57. The van der Waals surface area contributed by atoms with Crippen molar-refractivity contribution in [1.82, 2.24) is 17.8 Å². The Bertz CT molecular complexity index is 969. The molecule has 0 radical (unpaired) electrons. The van der Waals surface area contributed by atoms with Gasteiger partial charge in [0.05, 0.1) is 4.90 Å². The zero-order valence-electron chi connectivity index (χ0n) is 16.9. The van der Waals surface area contributed by atoms with Crippen LogP contribution in [-0.2, 0) is 25.0 Å². The van der Waals surface area contributed by atoms with Crippen LogP contribution in [0.3, 0.4) is 0 Å². The van der Waals surface area contributed by atoms with Crippen LogP contribution in [-0.4, -0.2) is 92.4 Å². The van der Waals surface area contributed by atoms with Crippen molar-refractivity contribution in [3.05, 3.63) is 30.3 Å². The summed E-state index contributed by atoms with van der Waals surface area (Å²) in [5, 5.41) is 0. The number of carbonyl (C=O) groups excluding carboxylic acids is 1. The number of nitrogens with zero attached hydrogens (tertiary/aromatic N) is 4. The number of benzene rings is 1. The molecule has 11 heteroatoms. The molecule has 0 bridgehead atoms. The zero-order chi connectivity index (χ0) is 21.4. The number of rotatable bonds is 5. The van der Waals surface area contributed by atoms with E-state index in [1.54, 1.807) is 23.1 Å². The average molecular weight is 457 g/mol. The van der Waals surface area contributed by atoms with Crippen LogP contribution in [0.25, 0.3) is 0 Å². The molecule has 1 atom stereocenters. The molecule has 0 aromatic heterocycles. The Morgan fingerprint density at radius 1 is 0.767 bits per heavy atom. The summed E-state index contributed by atoms with van der Waals surface area (Å²) in [6, 6.07) is 7.44. The van der Waals surface area contributed by atoms with Crippen molar-refractivity contribution in [3.8, 4) is 0 Å². The first-order valence-electron chi connectivity index (χ1n) is 10.4. The molecule has 3 heterocycles. The molecule has 3 fully saturated rings. The second-order valence-electron chi connectivity index (χ2n) is 7.93. The van der Waals surface area contributed by atoms with Gasteiger partial charge in [0.1, 0.15) is 6.04 Å². The third-order valence-electron chi connectivity index (χ3n) is 6.11. The van der Waals surface area contributed by atoms with Gasteiger partial charge in [0.25, 0.3) is 10.2 Å². The van der Waals surface area contributed by atoms with E-state index in [1.165, 1.54) is 25.0 Å². The molecular weight excluding hydrogens is 428 g/mol. The van der Waals surface area contributed by atoms with Gasteiger partial charge in [-0.15, -0.1) is 0 Å². The van der Waals surface area contributed by atoms with Gasteiger partial charge in [-0.05, 0) is 37.8 Å². The molecule has 1 aromatic rings. The summed E-state index contributed by atoms with van der Waals surface area (Å²) < 4.78 is 55.7. The SMILES string of the molecule is O=C(C1CCCN1S(=O)(=O)c1ccccc1)N1CCN(S(=O)(=O)N2CCCC2)CC1. The largest absolute Gasteiger partial charge is 0.339 e. The van der Waals surface area contributed by atoms with E-state index in [-0.39, 0.29) is 37.0 Å². The van der Waals surface area contributed by atoms with Crippen molar-refractivity contribution in [1.29, 1.82) is 0 Å². The van der Waals surface area contributed by atoms with Gasteiger partial charge in [-0.1, -0.05) is 18.2 Å². The number of carbonyl (C=O) groups is 1. The van der Waals surface area contributed by atoms with Crippen LogP contribution in [0.5, 0.6) is 0 Å². The van der Waals surface area contributed by atoms with Crippen molar-refractivity contribution < 1.29 is 21.6 Å². The number of piperazine rings is 1. The van der Waals surface area contributed by atoms with Gasteiger partial charge in [0.2, 0.25) is 15.9 Å². The highest BCUT2D eigenvalue weighted by Gasteiger charge is 2.42. The van der Waals surface area contributed by atoms with Gasteiger partial charge >= 0.3 is 0 Å². The number of sulfonamides is 1. The lowest BCUT2D eigenvalue weighted by molar-refractivity contribution is -0.135. The summed E-state index contributed by atoms with van der Waals surface area (Å²) in [7, 11) is -7.22. The van der Waals surface area contributed by atoms with Crippen LogP contribution < -0.4 is 0 Å². The summed E-state index contributed by atoms with van der Waals surface area (Å²) in [6.45, 7) is 2.46. The molecule has 3 saturated heterocycles. The maximum Gasteiger partial charge on any atom is 0.282 e. The van der Waals surface area contributed by atoms with E-state index >= 15 is 0 Å². The van der Waals surface area contributed by atoms with Gasteiger partial charge < -0.3 is 4.90 Å². The Morgan fingerprint density at radius 2 is 1.37 bits per heavy atom. The first-order chi connectivity index (χ1) is 14.3. The van der Waals surface area contributed by atoms with Crippen molar-refractivity contribution >= 4 is 26.1 Å². The predicted molar refractivity (Wildman–Crippen MR) is 111 cm³/mol. The molecule has 3 aliphatic rings. The van der Waals surface area contributed by atoms with Crippen LogP contribution in [0.15, 0.2) is 35.2 Å². The molecule has 1 unspecified atom stereocenters. The zero-order valence-corrected chi connectivity index (χ0v) is 18.5. The Kier molecular flexibility index (Phi) is 6.18. The van der Waals surface area contributed by atoms with Gasteiger partial charge in [0.15, 0.2) is 0 Å². The maximum atomic E-state index is 13.1. The molecule has 0 N–H and O–H groups in total. The molecule has 1 aromatic carbocycles.